The van der Waals surface area contributed by atoms with Crippen molar-refractivity contribution in [3.05, 3.63) is 27.7 Å². The van der Waals surface area contributed by atoms with E-state index in [1.165, 1.54) is 5.56 Å². The average Bonchev–Trinajstić information content (AvgIpc) is 2.40. The third kappa shape index (κ3) is 2.24. The summed E-state index contributed by atoms with van der Waals surface area (Å²) >= 11 is 5.42. The zero-order valence-corrected chi connectivity index (χ0v) is 11.8. The fraction of sp³-hybridized carbons (Fsp3) is 0.500. The van der Waals surface area contributed by atoms with E-state index in [1.807, 2.05) is 23.9 Å². The van der Waals surface area contributed by atoms with Gasteiger partial charge in [-0.15, -0.1) is 0 Å². The first kappa shape index (κ1) is 12.3. The Hall–Kier alpha value is -0.190. The molecule has 0 aromatic heterocycles. The van der Waals surface area contributed by atoms with Crippen molar-refractivity contribution < 1.29 is 9.84 Å². The second kappa shape index (κ2) is 4.98. The summed E-state index contributed by atoms with van der Waals surface area (Å²) in [5.74, 6) is 1.71. The Labute approximate surface area is 109 Å². The van der Waals surface area contributed by atoms with E-state index in [0.29, 0.717) is 5.25 Å². The van der Waals surface area contributed by atoms with E-state index < -0.39 is 6.10 Å². The molecule has 1 heterocycles. The summed E-state index contributed by atoms with van der Waals surface area (Å²) < 4.78 is 6.40. The minimum absolute atomic E-state index is 0.424. The maximum absolute atomic E-state index is 10.2. The molecule has 0 bridgehead atoms. The second-order valence-electron chi connectivity index (χ2n) is 4.01. The Morgan fingerprint density at radius 3 is 2.94 bits per heavy atom. The maximum Gasteiger partial charge on any atom is 0.125 e. The third-order valence-electron chi connectivity index (χ3n) is 2.88. The van der Waals surface area contributed by atoms with E-state index in [1.54, 1.807) is 7.11 Å². The van der Waals surface area contributed by atoms with Crippen LogP contribution in [0.5, 0.6) is 5.75 Å². The summed E-state index contributed by atoms with van der Waals surface area (Å²) in [6.45, 7) is 2.15. The zero-order valence-electron chi connectivity index (χ0n) is 9.37. The minimum Gasteiger partial charge on any atom is -0.496 e. The number of thioether (sulfide) groups is 1. The second-order valence-corrected chi connectivity index (χ2v) is 6.30. The van der Waals surface area contributed by atoms with E-state index in [9.17, 15) is 5.11 Å². The van der Waals surface area contributed by atoms with Crippen molar-refractivity contribution in [3.63, 3.8) is 0 Å². The van der Waals surface area contributed by atoms with Gasteiger partial charge in [-0.25, -0.2) is 0 Å². The molecule has 0 fully saturated rings. The standard InChI is InChI=1S/C12H15BrO2S/c1-7-5-10(14)12-8(6-16-7)9(13)3-4-11(12)15-2/h3-4,7,10,14H,5-6H2,1-2H3. The van der Waals surface area contributed by atoms with Crippen molar-refractivity contribution in [1.82, 2.24) is 0 Å². The fourth-order valence-electron chi connectivity index (χ4n) is 2.03. The molecule has 2 atom stereocenters. The van der Waals surface area contributed by atoms with Crippen molar-refractivity contribution in [3.8, 4) is 5.75 Å². The molecule has 0 spiro atoms. The summed E-state index contributed by atoms with van der Waals surface area (Å²) in [4.78, 5) is 0. The lowest BCUT2D eigenvalue weighted by atomic mass is 9.99. The molecule has 1 aromatic rings. The van der Waals surface area contributed by atoms with Gasteiger partial charge in [0, 0.05) is 21.0 Å². The predicted molar refractivity (Wildman–Crippen MR) is 71.0 cm³/mol. The van der Waals surface area contributed by atoms with Gasteiger partial charge in [0.1, 0.15) is 5.75 Å². The molecular formula is C12H15BrO2S. The first-order valence-electron chi connectivity index (χ1n) is 5.28. The van der Waals surface area contributed by atoms with E-state index in [-0.39, 0.29) is 0 Å². The first-order valence-corrected chi connectivity index (χ1v) is 7.12. The molecule has 2 nitrogen and oxygen atoms in total. The van der Waals surface area contributed by atoms with E-state index in [2.05, 4.69) is 22.9 Å². The van der Waals surface area contributed by atoms with Crippen LogP contribution in [0.25, 0.3) is 0 Å². The fourth-order valence-corrected chi connectivity index (χ4v) is 3.78. The summed E-state index contributed by atoms with van der Waals surface area (Å²) in [5.41, 5.74) is 2.12. The monoisotopic (exact) mass is 302 g/mol. The summed E-state index contributed by atoms with van der Waals surface area (Å²) in [6, 6.07) is 3.90. The van der Waals surface area contributed by atoms with Crippen molar-refractivity contribution in [2.75, 3.05) is 7.11 Å². The number of fused-ring (bicyclic) bond motifs is 1. The predicted octanol–water partition coefficient (Wildman–Crippen LogP) is 3.52. The number of aliphatic hydroxyl groups excluding tert-OH is 1. The SMILES string of the molecule is COc1ccc(Br)c2c1C(O)CC(C)SC2. The molecule has 4 heteroatoms. The van der Waals surface area contributed by atoms with E-state index in [4.69, 9.17) is 4.74 Å². The summed E-state index contributed by atoms with van der Waals surface area (Å²) in [6.07, 6.45) is 0.359. The number of hydrogen-bond acceptors (Lipinski definition) is 3. The molecular weight excluding hydrogens is 288 g/mol. The van der Waals surface area contributed by atoms with Crippen molar-refractivity contribution >= 4 is 27.7 Å². The highest BCUT2D eigenvalue weighted by atomic mass is 79.9. The molecule has 0 radical (unpaired) electrons. The largest absolute Gasteiger partial charge is 0.496 e. The number of methoxy groups -OCH3 is 1. The van der Waals surface area contributed by atoms with Gasteiger partial charge in [-0.1, -0.05) is 22.9 Å². The number of benzene rings is 1. The van der Waals surface area contributed by atoms with Crippen molar-refractivity contribution in [1.29, 1.82) is 0 Å². The molecule has 2 unspecified atom stereocenters. The molecule has 88 valence electrons. The van der Waals surface area contributed by atoms with Crippen LogP contribution in [0.1, 0.15) is 30.6 Å². The summed E-state index contributed by atoms with van der Waals surface area (Å²) in [5, 5.41) is 10.7. The van der Waals surface area contributed by atoms with Crippen LogP contribution in [-0.2, 0) is 5.75 Å². The topological polar surface area (TPSA) is 29.5 Å². The molecule has 0 saturated heterocycles. The number of aliphatic hydroxyl groups is 1. The minimum atomic E-state index is -0.424. The Morgan fingerprint density at radius 1 is 1.50 bits per heavy atom. The molecule has 1 N–H and O–H groups in total. The van der Waals surface area contributed by atoms with E-state index >= 15 is 0 Å². The summed E-state index contributed by atoms with van der Waals surface area (Å²) in [7, 11) is 1.65. The highest BCUT2D eigenvalue weighted by Gasteiger charge is 2.25. The number of rotatable bonds is 1. The van der Waals surface area contributed by atoms with Gasteiger partial charge >= 0.3 is 0 Å². The van der Waals surface area contributed by atoms with Gasteiger partial charge in [0.05, 0.1) is 13.2 Å². The number of ether oxygens (including phenoxy) is 1. The highest BCUT2D eigenvalue weighted by Crippen LogP contribution is 2.42. The number of halogens is 1. The van der Waals surface area contributed by atoms with Crippen LogP contribution in [-0.4, -0.2) is 17.5 Å². The Kier molecular flexibility index (Phi) is 3.82. The molecule has 1 aliphatic heterocycles. The smallest absolute Gasteiger partial charge is 0.125 e. The quantitative estimate of drug-likeness (QED) is 0.861. The lowest BCUT2D eigenvalue weighted by Gasteiger charge is -2.17. The molecule has 1 aromatic carbocycles. The Bertz CT molecular complexity index is 395. The van der Waals surface area contributed by atoms with Gasteiger partial charge in [0.25, 0.3) is 0 Å². The first-order chi connectivity index (χ1) is 7.63. The number of hydrogen-bond donors (Lipinski definition) is 1. The van der Waals surface area contributed by atoms with Gasteiger partial charge < -0.3 is 9.84 Å². The molecule has 0 amide bonds. The van der Waals surface area contributed by atoms with Gasteiger partial charge in [-0.3, -0.25) is 0 Å². The normalized spacial score (nSPS) is 24.8. The van der Waals surface area contributed by atoms with Crippen molar-refractivity contribution in [2.45, 2.75) is 30.5 Å². The lowest BCUT2D eigenvalue weighted by molar-refractivity contribution is 0.164. The molecule has 16 heavy (non-hydrogen) atoms. The van der Waals surface area contributed by atoms with Crippen LogP contribution in [0.4, 0.5) is 0 Å². The van der Waals surface area contributed by atoms with Crippen LogP contribution < -0.4 is 4.74 Å². The third-order valence-corrected chi connectivity index (χ3v) is 4.84. The van der Waals surface area contributed by atoms with Crippen molar-refractivity contribution in [2.24, 2.45) is 0 Å². The van der Waals surface area contributed by atoms with Gasteiger partial charge in [0.2, 0.25) is 0 Å². The zero-order chi connectivity index (χ0) is 11.7. The molecule has 2 rings (SSSR count). The lowest BCUT2D eigenvalue weighted by Crippen LogP contribution is -2.06. The molecule has 0 saturated carbocycles. The molecule has 0 aliphatic carbocycles. The maximum atomic E-state index is 10.2. The van der Waals surface area contributed by atoms with Gasteiger partial charge in [0.15, 0.2) is 0 Å². The van der Waals surface area contributed by atoms with Crippen LogP contribution >= 0.6 is 27.7 Å². The van der Waals surface area contributed by atoms with E-state index in [0.717, 1.165) is 28.0 Å². The van der Waals surface area contributed by atoms with Crippen LogP contribution in [0.15, 0.2) is 16.6 Å². The molecule has 1 aliphatic rings. The van der Waals surface area contributed by atoms with Crippen LogP contribution in [0.3, 0.4) is 0 Å². The van der Waals surface area contributed by atoms with Gasteiger partial charge in [-0.05, 0) is 24.1 Å². The van der Waals surface area contributed by atoms with Crippen LogP contribution in [0.2, 0.25) is 0 Å². The average molecular weight is 303 g/mol. The van der Waals surface area contributed by atoms with Crippen LogP contribution in [0, 0.1) is 0 Å². The Morgan fingerprint density at radius 2 is 2.25 bits per heavy atom. The van der Waals surface area contributed by atoms with Gasteiger partial charge in [-0.2, -0.15) is 11.8 Å². The highest BCUT2D eigenvalue weighted by molar-refractivity contribution is 9.10. The Balaban J connectivity index is 2.53.